The fraction of sp³-hybridized carbons (Fsp3) is 0.423. The summed E-state index contributed by atoms with van der Waals surface area (Å²) in [5.41, 5.74) is 0.839. The van der Waals surface area contributed by atoms with Crippen molar-refractivity contribution >= 4 is 34.4 Å². The van der Waals surface area contributed by atoms with E-state index in [-0.39, 0.29) is 17.7 Å². The molecular weight excluding hydrogens is 452 g/mol. The van der Waals surface area contributed by atoms with Crippen LogP contribution in [-0.2, 0) is 10.4 Å². The zero-order valence-electron chi connectivity index (χ0n) is 19.9. The van der Waals surface area contributed by atoms with Crippen molar-refractivity contribution in [1.29, 1.82) is 0 Å². The Bertz CT molecular complexity index is 1200. The highest BCUT2D eigenvalue weighted by Crippen LogP contribution is 2.46. The molecule has 180 valence electrons. The summed E-state index contributed by atoms with van der Waals surface area (Å²) < 4.78 is 0. The van der Waals surface area contributed by atoms with E-state index in [1.54, 1.807) is 35.5 Å². The third-order valence-electron chi connectivity index (χ3n) is 7.00. The van der Waals surface area contributed by atoms with Crippen molar-refractivity contribution in [3.63, 3.8) is 0 Å². The molecule has 1 saturated heterocycles. The second-order valence-electron chi connectivity index (χ2n) is 10.1. The normalized spacial score (nSPS) is 21.0. The van der Waals surface area contributed by atoms with E-state index in [1.165, 1.54) is 0 Å². The van der Waals surface area contributed by atoms with Crippen LogP contribution in [0.2, 0.25) is 5.02 Å². The Hall–Kier alpha value is -2.90. The number of nitrogens with zero attached hydrogens (tertiary/aromatic N) is 2. The van der Waals surface area contributed by atoms with Crippen LogP contribution in [0.4, 0.5) is 0 Å². The molecule has 3 N–H and O–H groups in total. The number of aromatic amines is 1. The van der Waals surface area contributed by atoms with Gasteiger partial charge in [-0.2, -0.15) is 0 Å². The average Bonchev–Trinajstić information content (AvgIpc) is 3.28. The zero-order chi connectivity index (χ0) is 24.7. The number of fused-ring (bicyclic) bond motifs is 1. The molecule has 34 heavy (non-hydrogen) atoms. The highest BCUT2D eigenvalue weighted by molar-refractivity contribution is 6.30. The number of piperidine rings is 1. The number of carbonyl (C=O) groups is 2. The van der Waals surface area contributed by atoms with Crippen LogP contribution in [0.3, 0.4) is 0 Å². The van der Waals surface area contributed by atoms with Crippen molar-refractivity contribution in [1.82, 2.24) is 20.2 Å². The molecule has 0 aliphatic carbocycles. The predicted octanol–water partition coefficient (Wildman–Crippen LogP) is 4.12. The average molecular weight is 483 g/mol. The van der Waals surface area contributed by atoms with Gasteiger partial charge in [0.05, 0.1) is 23.0 Å². The molecule has 2 aromatic carbocycles. The van der Waals surface area contributed by atoms with Gasteiger partial charge in [0.2, 0.25) is 5.91 Å². The fourth-order valence-electron chi connectivity index (χ4n) is 4.85. The molecule has 0 radical (unpaired) electrons. The van der Waals surface area contributed by atoms with Crippen molar-refractivity contribution < 1.29 is 14.7 Å². The summed E-state index contributed by atoms with van der Waals surface area (Å²) in [6, 6.07) is 11.9. The topological polar surface area (TPSA) is 98.3 Å². The zero-order valence-corrected chi connectivity index (χ0v) is 20.7. The standard InChI is InChI=1S/C26H31ClN4O3/c1-16(2)21(30-23(32)19-6-5-7-20-22(19)29-15-28-20)24(33)31-13-12-26(34,25(3,4)14-31)17-8-10-18(27)11-9-17/h5-11,15-16,21,34H,12-14H2,1-4H3,(H,28,29)(H,30,32)/t21-,26+/m1/s1. The monoisotopic (exact) mass is 482 g/mol. The Balaban J connectivity index is 1.53. The van der Waals surface area contributed by atoms with Gasteiger partial charge in [0.25, 0.3) is 5.91 Å². The van der Waals surface area contributed by atoms with Gasteiger partial charge in [0.15, 0.2) is 0 Å². The van der Waals surface area contributed by atoms with E-state index >= 15 is 0 Å². The molecule has 2 heterocycles. The molecular formula is C26H31ClN4O3. The lowest BCUT2D eigenvalue weighted by Crippen LogP contribution is -2.60. The summed E-state index contributed by atoms with van der Waals surface area (Å²) in [7, 11) is 0. The van der Waals surface area contributed by atoms with Crippen LogP contribution in [0, 0.1) is 11.3 Å². The van der Waals surface area contributed by atoms with Gasteiger partial charge in [-0.1, -0.05) is 57.5 Å². The number of aromatic nitrogens is 2. The molecule has 1 fully saturated rings. The van der Waals surface area contributed by atoms with E-state index in [0.29, 0.717) is 35.6 Å². The highest BCUT2D eigenvalue weighted by Gasteiger charge is 2.50. The number of halogens is 1. The molecule has 1 aromatic heterocycles. The number of hydrogen-bond donors (Lipinski definition) is 3. The van der Waals surface area contributed by atoms with Crippen LogP contribution < -0.4 is 5.32 Å². The predicted molar refractivity (Wildman–Crippen MR) is 133 cm³/mol. The number of likely N-dealkylation sites (tertiary alicyclic amines) is 1. The Morgan fingerprint density at radius 2 is 1.88 bits per heavy atom. The molecule has 4 rings (SSSR count). The summed E-state index contributed by atoms with van der Waals surface area (Å²) in [5.74, 6) is -0.600. The van der Waals surface area contributed by atoms with Gasteiger partial charge in [-0.15, -0.1) is 0 Å². The van der Waals surface area contributed by atoms with Crippen molar-refractivity contribution in [2.45, 2.75) is 45.8 Å². The second-order valence-corrected chi connectivity index (χ2v) is 10.5. The lowest BCUT2D eigenvalue weighted by atomic mass is 9.66. The van der Waals surface area contributed by atoms with E-state index in [2.05, 4.69) is 15.3 Å². The Labute approximate surface area is 204 Å². The number of carbonyl (C=O) groups excluding carboxylic acids is 2. The quantitative estimate of drug-likeness (QED) is 0.509. The van der Waals surface area contributed by atoms with Gasteiger partial charge >= 0.3 is 0 Å². The first-order valence-electron chi connectivity index (χ1n) is 11.5. The number of para-hydroxylation sites is 1. The van der Waals surface area contributed by atoms with Crippen molar-refractivity contribution in [2.75, 3.05) is 13.1 Å². The molecule has 7 nitrogen and oxygen atoms in total. The summed E-state index contributed by atoms with van der Waals surface area (Å²) in [4.78, 5) is 35.7. The van der Waals surface area contributed by atoms with Crippen LogP contribution in [-0.4, -0.2) is 50.9 Å². The lowest BCUT2D eigenvalue weighted by Gasteiger charge is -2.51. The minimum absolute atomic E-state index is 0.116. The molecule has 0 unspecified atom stereocenters. The van der Waals surface area contributed by atoms with Crippen molar-refractivity contribution in [2.24, 2.45) is 11.3 Å². The summed E-state index contributed by atoms with van der Waals surface area (Å²) in [6.07, 6.45) is 1.93. The first kappa shape index (κ1) is 24.2. The van der Waals surface area contributed by atoms with Crippen LogP contribution in [0.1, 0.15) is 50.0 Å². The Morgan fingerprint density at radius 3 is 2.53 bits per heavy atom. The van der Waals surface area contributed by atoms with Crippen LogP contribution in [0.15, 0.2) is 48.8 Å². The van der Waals surface area contributed by atoms with Gasteiger partial charge in [0, 0.05) is 23.5 Å². The summed E-state index contributed by atoms with van der Waals surface area (Å²) in [5, 5.41) is 15.2. The Morgan fingerprint density at radius 1 is 1.18 bits per heavy atom. The molecule has 8 heteroatoms. The molecule has 0 spiro atoms. The number of rotatable bonds is 5. The Kier molecular flexibility index (Phi) is 6.44. The van der Waals surface area contributed by atoms with E-state index < -0.39 is 17.1 Å². The lowest BCUT2D eigenvalue weighted by molar-refractivity contribution is -0.155. The molecule has 2 atom stereocenters. The smallest absolute Gasteiger partial charge is 0.254 e. The number of benzene rings is 2. The number of amides is 2. The maximum absolute atomic E-state index is 13.6. The van der Waals surface area contributed by atoms with Crippen molar-refractivity contribution in [3.05, 3.63) is 64.9 Å². The maximum atomic E-state index is 13.6. The van der Waals surface area contributed by atoms with Gasteiger partial charge < -0.3 is 20.3 Å². The van der Waals surface area contributed by atoms with Gasteiger partial charge in [-0.25, -0.2) is 4.98 Å². The minimum Gasteiger partial charge on any atom is -0.384 e. The van der Waals surface area contributed by atoms with Crippen LogP contribution in [0.25, 0.3) is 11.0 Å². The molecule has 1 aliphatic heterocycles. The van der Waals surface area contributed by atoms with E-state index in [4.69, 9.17) is 11.6 Å². The van der Waals surface area contributed by atoms with Crippen molar-refractivity contribution in [3.8, 4) is 0 Å². The molecule has 2 amide bonds. The highest BCUT2D eigenvalue weighted by atomic mass is 35.5. The third-order valence-corrected chi connectivity index (χ3v) is 7.25. The number of imidazole rings is 1. The van der Waals surface area contributed by atoms with E-state index in [9.17, 15) is 14.7 Å². The van der Waals surface area contributed by atoms with Gasteiger partial charge in [-0.3, -0.25) is 9.59 Å². The summed E-state index contributed by atoms with van der Waals surface area (Å²) in [6.45, 7) is 8.49. The SMILES string of the molecule is CC(C)[C@@H](NC(=O)c1cccc2[nH]cnc12)C(=O)N1CC[C@](O)(c2ccc(Cl)cc2)C(C)(C)C1. The first-order valence-corrected chi connectivity index (χ1v) is 11.9. The molecule has 0 saturated carbocycles. The van der Waals surface area contributed by atoms with Gasteiger partial charge in [-0.05, 0) is 42.2 Å². The first-order chi connectivity index (χ1) is 16.0. The minimum atomic E-state index is -1.10. The maximum Gasteiger partial charge on any atom is 0.254 e. The van der Waals surface area contributed by atoms with E-state index in [0.717, 1.165) is 11.1 Å². The largest absolute Gasteiger partial charge is 0.384 e. The number of hydrogen-bond acceptors (Lipinski definition) is 4. The second kappa shape index (κ2) is 9.04. The fourth-order valence-corrected chi connectivity index (χ4v) is 4.97. The molecule has 3 aromatic rings. The van der Waals surface area contributed by atoms with Gasteiger partial charge in [0.1, 0.15) is 11.6 Å². The number of nitrogens with one attached hydrogen (secondary N) is 2. The molecule has 1 aliphatic rings. The van der Waals surface area contributed by atoms with Crippen LogP contribution >= 0.6 is 11.6 Å². The third kappa shape index (κ3) is 4.30. The number of aliphatic hydroxyl groups is 1. The molecule has 0 bridgehead atoms. The number of H-pyrrole nitrogens is 1. The van der Waals surface area contributed by atoms with Crippen LogP contribution in [0.5, 0.6) is 0 Å². The van der Waals surface area contributed by atoms with E-state index in [1.807, 2.05) is 45.9 Å². The summed E-state index contributed by atoms with van der Waals surface area (Å²) >= 11 is 6.03.